The summed E-state index contributed by atoms with van der Waals surface area (Å²) in [5, 5.41) is 22.8. The monoisotopic (exact) mass is 294 g/mol. The zero-order valence-corrected chi connectivity index (χ0v) is 11.7. The molecular formula is C14H18N2O5. The summed E-state index contributed by atoms with van der Waals surface area (Å²) in [5.74, 6) is -0.223. The number of nitrogens with one attached hydrogen (secondary N) is 1. The summed E-state index contributed by atoms with van der Waals surface area (Å²) in [6, 6.07) is 3.59. The van der Waals surface area contributed by atoms with Gasteiger partial charge in [-0.3, -0.25) is 14.9 Å². The molecule has 1 amide bonds. The molecule has 0 aliphatic heterocycles. The molecule has 1 aliphatic carbocycles. The van der Waals surface area contributed by atoms with E-state index in [2.05, 4.69) is 5.32 Å². The van der Waals surface area contributed by atoms with Crippen LogP contribution in [-0.2, 0) is 9.53 Å². The maximum atomic E-state index is 11.9. The molecule has 0 radical (unpaired) electrons. The van der Waals surface area contributed by atoms with Crippen LogP contribution in [0.1, 0.15) is 26.2 Å². The lowest BCUT2D eigenvalue weighted by Gasteiger charge is -2.34. The van der Waals surface area contributed by atoms with Gasteiger partial charge in [0.25, 0.3) is 5.69 Å². The van der Waals surface area contributed by atoms with Gasteiger partial charge in [-0.05, 0) is 31.7 Å². The van der Waals surface area contributed by atoms with Crippen molar-refractivity contribution in [1.29, 1.82) is 0 Å². The lowest BCUT2D eigenvalue weighted by Crippen LogP contribution is -2.33. The van der Waals surface area contributed by atoms with Crippen LogP contribution in [0.5, 0.6) is 5.75 Å². The minimum atomic E-state index is -0.604. The quantitative estimate of drug-likeness (QED) is 0.476. The highest BCUT2D eigenvalue weighted by Gasteiger charge is 2.31. The molecule has 1 saturated carbocycles. The Bertz CT molecular complexity index is 540. The van der Waals surface area contributed by atoms with Crippen LogP contribution in [0.2, 0.25) is 0 Å². The molecule has 0 spiro atoms. The Kier molecular flexibility index (Phi) is 4.74. The highest BCUT2D eigenvalue weighted by atomic mass is 16.6. The molecule has 0 unspecified atom stereocenters. The summed E-state index contributed by atoms with van der Waals surface area (Å²) in [6.07, 6.45) is 2.35. The zero-order valence-electron chi connectivity index (χ0n) is 11.7. The second-order valence-electron chi connectivity index (χ2n) is 5.13. The summed E-state index contributed by atoms with van der Waals surface area (Å²) in [5.41, 5.74) is -0.0321. The number of nitro groups is 1. The van der Waals surface area contributed by atoms with Crippen LogP contribution >= 0.6 is 0 Å². The van der Waals surface area contributed by atoms with Gasteiger partial charge in [-0.25, -0.2) is 0 Å². The Morgan fingerprint density at radius 3 is 2.81 bits per heavy atom. The molecule has 1 aliphatic rings. The molecule has 2 rings (SSSR count). The molecule has 114 valence electrons. The molecule has 0 bridgehead atoms. The number of nitrogens with zero attached hydrogens (tertiary/aromatic N) is 1. The highest BCUT2D eigenvalue weighted by molar-refractivity contribution is 5.92. The predicted octanol–water partition coefficient (Wildman–Crippen LogP) is 2.44. The Balaban J connectivity index is 1.85. The van der Waals surface area contributed by atoms with Crippen molar-refractivity contribution in [3.63, 3.8) is 0 Å². The van der Waals surface area contributed by atoms with Gasteiger partial charge in [0.05, 0.1) is 22.8 Å². The number of non-ortho nitro benzene ring substituents is 1. The van der Waals surface area contributed by atoms with E-state index in [1.165, 1.54) is 12.1 Å². The van der Waals surface area contributed by atoms with Crippen LogP contribution in [0, 0.1) is 16.0 Å². The van der Waals surface area contributed by atoms with Gasteiger partial charge in [0, 0.05) is 19.1 Å². The Labute approximate surface area is 122 Å². The van der Waals surface area contributed by atoms with Gasteiger partial charge in [0.1, 0.15) is 5.75 Å². The molecule has 1 aromatic rings. The molecule has 0 saturated heterocycles. The van der Waals surface area contributed by atoms with Crippen molar-refractivity contribution in [2.24, 2.45) is 5.92 Å². The average Bonchev–Trinajstić information content (AvgIpc) is 2.38. The van der Waals surface area contributed by atoms with E-state index < -0.39 is 4.92 Å². The molecule has 7 heteroatoms. The zero-order chi connectivity index (χ0) is 15.4. The van der Waals surface area contributed by atoms with Crippen molar-refractivity contribution in [2.45, 2.75) is 32.3 Å². The van der Waals surface area contributed by atoms with E-state index in [1.807, 2.05) is 6.92 Å². The standard InChI is InChI=1S/C14H18N2O5/c1-2-21-11-5-9(6-11)7-14(18)15-12-4-3-10(16(19)20)8-13(12)17/h3-4,8-9,11,17H,2,5-7H2,1H3,(H,15,18). The molecule has 21 heavy (non-hydrogen) atoms. The van der Waals surface area contributed by atoms with Gasteiger partial charge in [-0.2, -0.15) is 0 Å². The third-order valence-corrected chi connectivity index (χ3v) is 3.54. The van der Waals surface area contributed by atoms with Crippen LogP contribution in [0.4, 0.5) is 11.4 Å². The van der Waals surface area contributed by atoms with E-state index in [4.69, 9.17) is 4.74 Å². The van der Waals surface area contributed by atoms with Crippen molar-refractivity contribution in [2.75, 3.05) is 11.9 Å². The van der Waals surface area contributed by atoms with Gasteiger partial charge >= 0.3 is 0 Å². The number of carbonyl (C=O) groups is 1. The van der Waals surface area contributed by atoms with Gasteiger partial charge in [0.2, 0.25) is 5.91 Å². The Morgan fingerprint density at radius 2 is 2.24 bits per heavy atom. The fourth-order valence-electron chi connectivity index (χ4n) is 2.42. The van der Waals surface area contributed by atoms with Crippen LogP contribution in [0.3, 0.4) is 0 Å². The predicted molar refractivity (Wildman–Crippen MR) is 76.1 cm³/mol. The molecule has 0 atom stereocenters. The van der Waals surface area contributed by atoms with Crippen LogP contribution < -0.4 is 5.32 Å². The molecule has 0 heterocycles. The third kappa shape index (κ3) is 3.91. The van der Waals surface area contributed by atoms with Crippen LogP contribution in [-0.4, -0.2) is 28.6 Å². The normalized spacial score (nSPS) is 20.6. The lowest BCUT2D eigenvalue weighted by atomic mass is 9.80. The molecule has 7 nitrogen and oxygen atoms in total. The summed E-state index contributed by atoms with van der Waals surface area (Å²) in [6.45, 7) is 2.62. The third-order valence-electron chi connectivity index (χ3n) is 3.54. The second-order valence-corrected chi connectivity index (χ2v) is 5.13. The summed E-state index contributed by atoms with van der Waals surface area (Å²) < 4.78 is 5.43. The Hall–Kier alpha value is -2.15. The summed E-state index contributed by atoms with van der Waals surface area (Å²) >= 11 is 0. The first kappa shape index (κ1) is 15.2. The highest BCUT2D eigenvalue weighted by Crippen LogP contribution is 2.33. The summed E-state index contributed by atoms with van der Waals surface area (Å²) in [7, 11) is 0. The molecular weight excluding hydrogens is 276 g/mol. The number of ether oxygens (including phenoxy) is 1. The second kappa shape index (κ2) is 6.53. The van der Waals surface area contributed by atoms with E-state index in [9.17, 15) is 20.0 Å². The molecule has 1 fully saturated rings. The van der Waals surface area contributed by atoms with Crippen LogP contribution in [0.15, 0.2) is 18.2 Å². The first-order valence-electron chi connectivity index (χ1n) is 6.88. The number of benzene rings is 1. The van der Waals surface area contributed by atoms with Crippen molar-refractivity contribution >= 4 is 17.3 Å². The molecule has 2 N–H and O–H groups in total. The number of hydrogen-bond donors (Lipinski definition) is 2. The minimum absolute atomic E-state index is 0.186. The molecule has 1 aromatic carbocycles. The number of rotatable bonds is 6. The number of aromatic hydroxyl groups is 1. The first-order valence-corrected chi connectivity index (χ1v) is 6.88. The van der Waals surface area contributed by atoms with Gasteiger partial charge in [-0.15, -0.1) is 0 Å². The SMILES string of the molecule is CCOC1CC(CC(=O)Nc2ccc([N+](=O)[O-])cc2O)C1. The van der Waals surface area contributed by atoms with Crippen molar-refractivity contribution in [3.05, 3.63) is 28.3 Å². The molecule has 0 aromatic heterocycles. The summed E-state index contributed by atoms with van der Waals surface area (Å²) in [4.78, 5) is 21.8. The van der Waals surface area contributed by atoms with Gasteiger partial charge < -0.3 is 15.2 Å². The van der Waals surface area contributed by atoms with Gasteiger partial charge in [-0.1, -0.05) is 0 Å². The van der Waals surface area contributed by atoms with E-state index in [1.54, 1.807) is 0 Å². The number of phenols is 1. The number of hydrogen-bond acceptors (Lipinski definition) is 5. The van der Waals surface area contributed by atoms with E-state index in [0.717, 1.165) is 18.9 Å². The van der Waals surface area contributed by atoms with E-state index in [-0.39, 0.29) is 29.1 Å². The maximum absolute atomic E-state index is 11.9. The number of phenolic OH excluding ortho intramolecular Hbond substituents is 1. The Morgan fingerprint density at radius 1 is 1.52 bits per heavy atom. The van der Waals surface area contributed by atoms with Crippen molar-refractivity contribution in [3.8, 4) is 5.75 Å². The topological polar surface area (TPSA) is 102 Å². The largest absolute Gasteiger partial charge is 0.506 e. The number of carbonyl (C=O) groups excluding carboxylic acids is 1. The lowest BCUT2D eigenvalue weighted by molar-refractivity contribution is -0.384. The van der Waals surface area contributed by atoms with E-state index in [0.29, 0.717) is 18.9 Å². The van der Waals surface area contributed by atoms with Crippen LogP contribution in [0.25, 0.3) is 0 Å². The number of amides is 1. The number of anilines is 1. The van der Waals surface area contributed by atoms with E-state index >= 15 is 0 Å². The smallest absolute Gasteiger partial charge is 0.273 e. The fourth-order valence-corrected chi connectivity index (χ4v) is 2.42. The van der Waals surface area contributed by atoms with Crippen molar-refractivity contribution in [1.82, 2.24) is 0 Å². The average molecular weight is 294 g/mol. The number of nitro benzene ring substituents is 1. The maximum Gasteiger partial charge on any atom is 0.273 e. The minimum Gasteiger partial charge on any atom is -0.506 e. The van der Waals surface area contributed by atoms with Gasteiger partial charge in [0.15, 0.2) is 0 Å². The first-order chi connectivity index (χ1) is 9.99. The fraction of sp³-hybridized carbons (Fsp3) is 0.500. The van der Waals surface area contributed by atoms with Crippen molar-refractivity contribution < 1.29 is 19.6 Å².